The van der Waals surface area contributed by atoms with Crippen molar-refractivity contribution in [3.8, 4) is 0 Å². The third-order valence-corrected chi connectivity index (χ3v) is 4.66. The maximum atomic E-state index is 12.0. The molecule has 132 valence electrons. The number of carboxylic acids is 1. The van der Waals surface area contributed by atoms with Crippen molar-refractivity contribution in [2.24, 2.45) is 0 Å². The first-order chi connectivity index (χ1) is 11.1. The number of carbonyl (C=O) groups is 1. The maximum Gasteiger partial charge on any atom is 0.301 e. The van der Waals surface area contributed by atoms with Gasteiger partial charge in [0.1, 0.15) is 18.8 Å². The number of para-hydroxylation sites is 1. The summed E-state index contributed by atoms with van der Waals surface area (Å²) in [5.74, 6) is -0.163. The summed E-state index contributed by atoms with van der Waals surface area (Å²) in [5.41, 5.74) is 3.18. The summed E-state index contributed by atoms with van der Waals surface area (Å²) >= 11 is 0. The summed E-state index contributed by atoms with van der Waals surface area (Å²) in [7, 11) is 0. The van der Waals surface area contributed by atoms with Crippen molar-refractivity contribution in [1.82, 2.24) is 0 Å². The van der Waals surface area contributed by atoms with Gasteiger partial charge in [0.15, 0.2) is 5.97 Å². The molecule has 0 bridgehead atoms. The lowest BCUT2D eigenvalue weighted by molar-refractivity contribution is -0.588. The highest BCUT2D eigenvalue weighted by Gasteiger charge is 2.40. The molecule has 1 heterocycles. The molecule has 0 N–H and O–H groups in total. The first-order valence-electron chi connectivity index (χ1n) is 8.82. The van der Waals surface area contributed by atoms with Gasteiger partial charge in [0.2, 0.25) is 0 Å². The van der Waals surface area contributed by atoms with Crippen molar-refractivity contribution in [2.75, 3.05) is 18.0 Å². The molecule has 0 aromatic heterocycles. The molecule has 4 nitrogen and oxygen atoms in total. The van der Waals surface area contributed by atoms with E-state index in [1.54, 1.807) is 0 Å². The molecule has 1 aromatic rings. The van der Waals surface area contributed by atoms with E-state index in [4.69, 9.17) is 0 Å². The van der Waals surface area contributed by atoms with Crippen LogP contribution in [0, 0.1) is 0 Å². The van der Waals surface area contributed by atoms with Crippen LogP contribution in [0.5, 0.6) is 0 Å². The zero-order chi connectivity index (χ0) is 18.2. The van der Waals surface area contributed by atoms with Gasteiger partial charge in [0.05, 0.1) is 5.54 Å². The Labute approximate surface area is 145 Å². The number of aliphatic carboxylic acids is 1. The van der Waals surface area contributed by atoms with Crippen molar-refractivity contribution in [3.63, 3.8) is 0 Å². The molecule has 4 heteroatoms. The van der Waals surface area contributed by atoms with Crippen LogP contribution in [-0.4, -0.2) is 35.0 Å². The van der Waals surface area contributed by atoms with E-state index in [-0.39, 0.29) is 11.4 Å². The molecule has 0 aliphatic carbocycles. The number of rotatable bonds is 4. The van der Waals surface area contributed by atoms with Crippen molar-refractivity contribution < 1.29 is 14.5 Å². The molecule has 0 radical (unpaired) electrons. The Morgan fingerprint density at radius 1 is 1.12 bits per heavy atom. The van der Waals surface area contributed by atoms with Crippen LogP contribution in [0.15, 0.2) is 18.2 Å². The number of carbonyl (C=O) groups excluding carboxylic acids is 1. The van der Waals surface area contributed by atoms with E-state index in [1.807, 2.05) is 30.2 Å². The molecule has 0 saturated carbocycles. The van der Waals surface area contributed by atoms with Gasteiger partial charge in [-0.25, -0.2) is 4.90 Å². The summed E-state index contributed by atoms with van der Waals surface area (Å²) < 4.78 is 1.95. The van der Waals surface area contributed by atoms with E-state index in [2.05, 4.69) is 45.9 Å². The van der Waals surface area contributed by atoms with Gasteiger partial charge in [-0.05, 0) is 32.6 Å². The van der Waals surface area contributed by atoms with Gasteiger partial charge in [-0.1, -0.05) is 45.9 Å². The highest BCUT2D eigenvalue weighted by atomic mass is 16.4. The van der Waals surface area contributed by atoms with Crippen molar-refractivity contribution in [1.29, 1.82) is 0 Å². The van der Waals surface area contributed by atoms with Gasteiger partial charge >= 0.3 is 5.84 Å². The molecule has 0 fully saturated rings. The fraction of sp³-hybridized carbons (Fsp3) is 0.600. The van der Waals surface area contributed by atoms with E-state index in [9.17, 15) is 9.90 Å². The molecule has 0 unspecified atom stereocenters. The highest BCUT2D eigenvalue weighted by Crippen LogP contribution is 2.36. The fourth-order valence-corrected chi connectivity index (χ4v) is 3.47. The zero-order valence-corrected chi connectivity index (χ0v) is 16.0. The Morgan fingerprint density at radius 3 is 2.00 bits per heavy atom. The van der Waals surface area contributed by atoms with Crippen LogP contribution in [0.4, 0.5) is 5.69 Å². The van der Waals surface area contributed by atoms with Crippen LogP contribution in [0.1, 0.15) is 71.4 Å². The van der Waals surface area contributed by atoms with Gasteiger partial charge < -0.3 is 9.90 Å². The first-order valence-corrected chi connectivity index (χ1v) is 8.82. The Hall–Kier alpha value is -1.84. The highest BCUT2D eigenvalue weighted by molar-refractivity contribution is 6.37. The molecule has 1 aliphatic rings. The molecule has 1 aromatic carbocycles. The molecule has 0 spiro atoms. The second-order valence-corrected chi connectivity index (χ2v) is 8.18. The van der Waals surface area contributed by atoms with Crippen LogP contribution in [0.25, 0.3) is 0 Å². The monoisotopic (exact) mass is 330 g/mol. The summed E-state index contributed by atoms with van der Waals surface area (Å²) in [5, 5.41) is 12.0. The summed E-state index contributed by atoms with van der Waals surface area (Å²) in [6.07, 6.45) is 0. The topological polar surface area (TPSA) is 46.4 Å². The Balaban J connectivity index is 2.72. The van der Waals surface area contributed by atoms with E-state index in [0.29, 0.717) is 24.9 Å². The van der Waals surface area contributed by atoms with E-state index in [0.717, 1.165) is 5.69 Å². The number of benzene rings is 1. The minimum Gasteiger partial charge on any atom is -0.538 e. The number of carboxylic acid groups (broad SMARTS) is 1. The fourth-order valence-electron chi connectivity index (χ4n) is 3.47. The lowest BCUT2D eigenvalue weighted by atomic mass is 9.92. The van der Waals surface area contributed by atoms with Gasteiger partial charge in [0.25, 0.3) is 0 Å². The number of hydrogen-bond acceptors (Lipinski definition) is 3. The van der Waals surface area contributed by atoms with E-state index < -0.39 is 5.97 Å². The second-order valence-electron chi connectivity index (χ2n) is 8.18. The molecule has 0 atom stereocenters. The minimum absolute atomic E-state index is 0.255. The lowest BCUT2D eigenvalue weighted by Crippen LogP contribution is -2.48. The lowest BCUT2D eigenvalue weighted by Gasteiger charge is -2.25. The predicted molar refractivity (Wildman–Crippen MR) is 96.9 cm³/mol. The standard InChI is InChI=1S/C20H30N2O2/c1-13(2)15-9-8-10-16(14(3)4)17(15)21-11-12-22(20(5,6)7)18(21)19(23)24/h8-10,13-14H,11-12H2,1-7H3. The van der Waals surface area contributed by atoms with Crippen LogP contribution in [0.3, 0.4) is 0 Å². The minimum atomic E-state index is -1.10. The Morgan fingerprint density at radius 2 is 1.62 bits per heavy atom. The molecular formula is C20H30N2O2. The Bertz CT molecular complexity index is 640. The maximum absolute atomic E-state index is 12.0. The molecule has 0 saturated heterocycles. The molecule has 24 heavy (non-hydrogen) atoms. The van der Waals surface area contributed by atoms with E-state index >= 15 is 0 Å². The third kappa shape index (κ3) is 3.33. The Kier molecular flexibility index (Phi) is 5.07. The molecular weight excluding hydrogens is 300 g/mol. The van der Waals surface area contributed by atoms with Crippen molar-refractivity contribution in [3.05, 3.63) is 29.3 Å². The number of amidine groups is 1. The summed E-state index contributed by atoms with van der Waals surface area (Å²) in [4.78, 5) is 13.9. The zero-order valence-electron chi connectivity index (χ0n) is 16.0. The average Bonchev–Trinajstić information content (AvgIpc) is 2.90. The average molecular weight is 330 g/mol. The number of nitrogens with zero attached hydrogens (tertiary/aromatic N) is 2. The molecule has 0 amide bonds. The van der Waals surface area contributed by atoms with Gasteiger partial charge in [-0.3, -0.25) is 4.58 Å². The van der Waals surface area contributed by atoms with Crippen molar-refractivity contribution in [2.45, 2.75) is 65.8 Å². The smallest absolute Gasteiger partial charge is 0.301 e. The number of hydrogen-bond donors (Lipinski definition) is 0. The second kappa shape index (κ2) is 6.58. The summed E-state index contributed by atoms with van der Waals surface area (Å²) in [6, 6.07) is 6.29. The number of anilines is 1. The SMILES string of the molecule is CC(C)c1cccc(C(C)C)c1N1CC[N+](C(C)(C)C)=C1C(=O)[O-]. The van der Waals surface area contributed by atoms with Gasteiger partial charge in [-0.15, -0.1) is 0 Å². The van der Waals surface area contributed by atoms with Crippen molar-refractivity contribution >= 4 is 17.5 Å². The predicted octanol–water partition coefficient (Wildman–Crippen LogP) is 2.71. The van der Waals surface area contributed by atoms with Crippen LogP contribution >= 0.6 is 0 Å². The van der Waals surface area contributed by atoms with Gasteiger partial charge in [-0.2, -0.15) is 0 Å². The van der Waals surface area contributed by atoms with Gasteiger partial charge in [0, 0.05) is 11.1 Å². The van der Waals surface area contributed by atoms with E-state index in [1.165, 1.54) is 11.1 Å². The van der Waals surface area contributed by atoms with Crippen LogP contribution < -0.4 is 10.0 Å². The molecule has 1 aliphatic heterocycles. The summed E-state index contributed by atoms with van der Waals surface area (Å²) in [6.45, 7) is 16.1. The van der Waals surface area contributed by atoms with Crippen LogP contribution in [-0.2, 0) is 4.79 Å². The largest absolute Gasteiger partial charge is 0.538 e. The third-order valence-electron chi connectivity index (χ3n) is 4.66. The van der Waals surface area contributed by atoms with Crippen LogP contribution in [0.2, 0.25) is 0 Å². The molecule has 2 rings (SSSR count). The normalized spacial score (nSPS) is 15.8. The quantitative estimate of drug-likeness (QED) is 0.798. The first kappa shape index (κ1) is 18.5.